The van der Waals surface area contributed by atoms with Crippen LogP contribution in [0.15, 0.2) is 54.6 Å². The summed E-state index contributed by atoms with van der Waals surface area (Å²) in [5.41, 5.74) is 1.46. The van der Waals surface area contributed by atoms with Crippen molar-refractivity contribution in [2.24, 2.45) is 0 Å². The molecule has 0 fully saturated rings. The van der Waals surface area contributed by atoms with E-state index in [1.807, 2.05) is 0 Å². The van der Waals surface area contributed by atoms with Crippen LogP contribution in [0.4, 0.5) is 0 Å². The Hall–Kier alpha value is -1.46. The first-order chi connectivity index (χ1) is 33.6. The van der Waals surface area contributed by atoms with Crippen molar-refractivity contribution in [2.75, 3.05) is 34.7 Å². The highest BCUT2D eigenvalue weighted by Gasteiger charge is 2.33. The van der Waals surface area contributed by atoms with Crippen molar-refractivity contribution < 1.29 is 43.4 Å². The Labute approximate surface area is 457 Å². The molecule has 0 aliphatic heterocycles. The number of allylic oxidation sites excluding steroid dienone is 4. The maximum atomic E-state index is 12.7. The van der Waals surface area contributed by atoms with E-state index < -0.39 is 0 Å². The van der Waals surface area contributed by atoms with E-state index in [-0.39, 0.29) is 41.1 Å². The van der Waals surface area contributed by atoms with Gasteiger partial charge in [0.05, 0.1) is 47.6 Å². The fourth-order valence-electron chi connectivity index (χ4n) is 9.64. The first-order valence-electron chi connectivity index (χ1n) is 30.7. The molecule has 0 atom stereocenters. The van der Waals surface area contributed by atoms with Crippen molar-refractivity contribution in [3.05, 3.63) is 60.2 Å². The lowest BCUT2D eigenvalue weighted by Crippen LogP contribution is -3.00. The Morgan fingerprint density at radius 3 is 0.901 bits per heavy atom. The second-order valence-corrected chi connectivity index (χ2v) is 22.5. The number of benzene rings is 1. The van der Waals surface area contributed by atoms with Crippen LogP contribution < -0.4 is 24.8 Å². The zero-order valence-electron chi connectivity index (χ0n) is 48.7. The van der Waals surface area contributed by atoms with Crippen LogP contribution in [0, 0.1) is 0 Å². The maximum Gasteiger partial charge on any atom is 0.320 e. The Morgan fingerprint density at radius 1 is 0.352 bits per heavy atom. The Kier molecular flexibility index (Phi) is 58.5. The lowest BCUT2D eigenvalue weighted by Gasteiger charge is -2.30. The summed E-state index contributed by atoms with van der Waals surface area (Å²) >= 11 is 0. The molecule has 0 unspecified atom stereocenters. The lowest BCUT2D eigenvalue weighted by molar-refractivity contribution is -0.903. The molecule has 0 aliphatic carbocycles. The van der Waals surface area contributed by atoms with Crippen LogP contribution in [0.2, 0.25) is 0 Å². The van der Waals surface area contributed by atoms with Crippen LogP contribution >= 0.6 is 0 Å². The van der Waals surface area contributed by atoms with Gasteiger partial charge < -0.3 is 29.3 Å². The van der Waals surface area contributed by atoms with Crippen molar-refractivity contribution in [1.82, 2.24) is 0 Å². The number of halogens is 2. The zero-order chi connectivity index (χ0) is 50.6. The number of imide groups is 1. The molecule has 71 heavy (non-hydrogen) atoms. The summed E-state index contributed by atoms with van der Waals surface area (Å²) in [6, 6.07) is 10.9. The van der Waals surface area contributed by atoms with Crippen LogP contribution in [0.5, 0.6) is 0 Å². The van der Waals surface area contributed by atoms with E-state index in [1.54, 1.807) is 14.1 Å². The fourth-order valence-corrected chi connectivity index (χ4v) is 9.64. The van der Waals surface area contributed by atoms with E-state index in [4.69, 9.17) is 0 Å². The Balaban J connectivity index is -0.00000135. The number of hydrogen-bond acceptors (Lipinski definition) is 2. The van der Waals surface area contributed by atoms with Gasteiger partial charge in [-0.2, -0.15) is 0 Å². The highest BCUT2D eigenvalue weighted by atomic mass is 35.5. The molecule has 0 saturated heterocycles. The van der Waals surface area contributed by atoms with Gasteiger partial charge >= 0.3 is 11.8 Å². The first-order valence-corrected chi connectivity index (χ1v) is 30.7. The van der Waals surface area contributed by atoms with Crippen molar-refractivity contribution >= 4 is 11.8 Å². The first kappa shape index (κ1) is 73.8. The molecule has 0 aromatic heterocycles. The summed E-state index contributed by atoms with van der Waals surface area (Å²) in [6.45, 7) is 9.29. The van der Waals surface area contributed by atoms with Crippen molar-refractivity contribution in [3.63, 3.8) is 0 Å². The highest BCUT2D eigenvalue weighted by molar-refractivity contribution is 5.84. The molecule has 0 spiro atoms. The monoisotopic (exact) mass is 1030 g/mol. The smallest absolute Gasteiger partial charge is 0.320 e. The van der Waals surface area contributed by atoms with Gasteiger partial charge in [0.25, 0.3) is 0 Å². The van der Waals surface area contributed by atoms with Gasteiger partial charge in [-0.25, -0.2) is 14.1 Å². The van der Waals surface area contributed by atoms with Crippen LogP contribution in [0.3, 0.4) is 0 Å². The number of unbranched alkanes of at least 4 members (excludes halogenated alkanes) is 37. The number of carbonyl (C=O) groups is 2. The SMILES string of the molecule is CCCCCCCC/C=C\CCCCCCCC(=O)[N+](C)(C)C(=O)CCCCCCC/C=C\CCCCCCCC.CCCCCCCCCCCCCCCCCC[N+](C)(C)Cc1ccccc1.[Cl-].[Cl-]. The highest BCUT2D eigenvalue weighted by Crippen LogP contribution is 2.18. The van der Waals surface area contributed by atoms with Crippen molar-refractivity contribution in [1.29, 1.82) is 0 Å². The van der Waals surface area contributed by atoms with Gasteiger partial charge in [-0.1, -0.05) is 268 Å². The molecule has 1 aromatic rings. The predicted octanol–water partition coefficient (Wildman–Crippen LogP) is 14.7. The standard InChI is InChI=1S/C38H72NO2.C27H50N.2ClH/c1-5-7-9-11-13-15-17-19-21-23-25-27-29-31-33-35-37(40)39(3,4)38(41)36-34-32-30-28-26-24-22-20-18-16-14-12-10-8-6-2;1-4-5-6-7-8-9-10-11-12-13-14-15-16-17-18-22-25-28(2,3)26-27-23-20-19-21-24-27;;/h19-22H,5-18,23-36H2,1-4H3;19-21,23-24H,4-18,22,25-26H2,1-3H3;2*1H/q2*+1;;/p-2/b21-19-,22-20-;;;. The normalized spacial score (nSPS) is 11.7. The lowest BCUT2D eigenvalue weighted by atomic mass is 10.0. The summed E-state index contributed by atoms with van der Waals surface area (Å²) in [6.07, 6.45) is 66.3. The molecule has 0 radical (unpaired) electrons. The molecule has 418 valence electrons. The average molecular weight is 1030 g/mol. The fraction of sp³-hybridized carbons (Fsp3) is 0.815. The summed E-state index contributed by atoms with van der Waals surface area (Å²) in [4.78, 5) is 25.5. The summed E-state index contributed by atoms with van der Waals surface area (Å²) in [5, 5.41) is 0. The molecule has 1 aromatic carbocycles. The molecule has 2 amide bonds. The minimum absolute atomic E-state index is 0. The number of hydrogen-bond donors (Lipinski definition) is 0. The number of amides is 2. The molecule has 0 saturated carbocycles. The number of nitrogens with zero attached hydrogens (tertiary/aromatic N) is 2. The molecule has 0 aliphatic rings. The second kappa shape index (κ2) is 56.3. The minimum atomic E-state index is -0.0766. The summed E-state index contributed by atoms with van der Waals surface area (Å²) in [5.74, 6) is 0.167. The van der Waals surface area contributed by atoms with E-state index in [1.165, 1.54) is 256 Å². The third-order valence-corrected chi connectivity index (χ3v) is 14.6. The molecule has 1 rings (SSSR count). The van der Waals surface area contributed by atoms with Gasteiger partial charge in [0.2, 0.25) is 0 Å². The largest absolute Gasteiger partial charge is 1.00 e. The second-order valence-electron chi connectivity index (χ2n) is 22.5. The number of rotatable bonds is 49. The topological polar surface area (TPSA) is 34.1 Å². The van der Waals surface area contributed by atoms with Crippen molar-refractivity contribution in [2.45, 2.75) is 310 Å². The van der Waals surface area contributed by atoms with Crippen molar-refractivity contribution in [3.8, 4) is 0 Å². The van der Waals surface area contributed by atoms with E-state index in [0.29, 0.717) is 12.8 Å². The van der Waals surface area contributed by atoms with E-state index in [2.05, 4.69) is 89.5 Å². The zero-order valence-corrected chi connectivity index (χ0v) is 50.2. The summed E-state index contributed by atoms with van der Waals surface area (Å²) in [7, 11) is 8.33. The molecule has 0 bridgehead atoms. The minimum Gasteiger partial charge on any atom is -1.00 e. The number of quaternary nitrogens is 2. The van der Waals surface area contributed by atoms with E-state index in [9.17, 15) is 9.59 Å². The molecule has 6 heteroatoms. The predicted molar refractivity (Wildman–Crippen MR) is 308 cm³/mol. The molecular formula is C65H122Cl2N2O2. The average Bonchev–Trinajstić information content (AvgIpc) is 3.34. The van der Waals surface area contributed by atoms with Gasteiger partial charge in [-0.15, -0.1) is 0 Å². The maximum absolute atomic E-state index is 12.7. The van der Waals surface area contributed by atoms with E-state index in [0.717, 1.165) is 36.7 Å². The van der Waals surface area contributed by atoms with Crippen LogP contribution in [0.1, 0.15) is 309 Å². The van der Waals surface area contributed by atoms with Gasteiger partial charge in [-0.05, 0) is 77.0 Å². The van der Waals surface area contributed by atoms with Gasteiger partial charge in [0, 0.05) is 5.56 Å². The van der Waals surface area contributed by atoms with Crippen LogP contribution in [0.25, 0.3) is 0 Å². The van der Waals surface area contributed by atoms with Gasteiger partial charge in [-0.3, -0.25) is 0 Å². The third-order valence-electron chi connectivity index (χ3n) is 14.6. The van der Waals surface area contributed by atoms with Crippen LogP contribution in [-0.4, -0.2) is 55.5 Å². The van der Waals surface area contributed by atoms with Gasteiger partial charge in [0.1, 0.15) is 6.54 Å². The summed E-state index contributed by atoms with van der Waals surface area (Å²) < 4.78 is 1.04. The van der Waals surface area contributed by atoms with Crippen LogP contribution in [-0.2, 0) is 16.1 Å². The third kappa shape index (κ3) is 51.8. The Morgan fingerprint density at radius 2 is 0.606 bits per heavy atom. The molecule has 0 heterocycles. The molecule has 0 N–H and O–H groups in total. The molecule has 4 nitrogen and oxygen atoms in total. The molecular weight excluding hydrogens is 912 g/mol. The number of carbonyl (C=O) groups excluding carboxylic acids is 2. The van der Waals surface area contributed by atoms with Gasteiger partial charge in [0.15, 0.2) is 0 Å². The quantitative estimate of drug-likeness (QED) is 0.0370. The van der Waals surface area contributed by atoms with E-state index >= 15 is 0 Å². The Bertz CT molecular complexity index is 1240.